The van der Waals surface area contributed by atoms with Gasteiger partial charge in [-0.05, 0) is 17.7 Å². The Morgan fingerprint density at radius 2 is 1.89 bits per heavy atom. The minimum atomic E-state index is -0.422. The van der Waals surface area contributed by atoms with Crippen LogP contribution in [-0.4, -0.2) is 13.1 Å². The lowest BCUT2D eigenvalue weighted by atomic mass is 10.2. The first kappa shape index (κ1) is 13.0. The van der Waals surface area contributed by atoms with E-state index in [9.17, 15) is 4.79 Å². The van der Waals surface area contributed by atoms with Crippen LogP contribution in [0.2, 0.25) is 0 Å². The summed E-state index contributed by atoms with van der Waals surface area (Å²) < 4.78 is 10.3. The van der Waals surface area contributed by atoms with Gasteiger partial charge < -0.3 is 15.2 Å². The Kier molecular flexibility index (Phi) is 4.03. The van der Waals surface area contributed by atoms with Gasteiger partial charge in [0.2, 0.25) is 0 Å². The molecule has 0 atom stereocenters. The molecule has 0 spiro atoms. The Balaban J connectivity index is 2.06. The highest BCUT2D eigenvalue weighted by molar-refractivity contribution is 5.91. The standard InChI is InChI=1S/C15H15NO3/c1-18-14-8-12(7-13(16)9-14)15(17)19-10-11-5-3-2-4-6-11/h2-9H,10,16H2,1H3. The van der Waals surface area contributed by atoms with Crippen LogP contribution in [0.15, 0.2) is 48.5 Å². The topological polar surface area (TPSA) is 61.5 Å². The zero-order valence-electron chi connectivity index (χ0n) is 10.6. The van der Waals surface area contributed by atoms with Crippen molar-refractivity contribution in [3.05, 3.63) is 59.7 Å². The minimum absolute atomic E-state index is 0.233. The van der Waals surface area contributed by atoms with Gasteiger partial charge in [0, 0.05) is 11.8 Å². The first-order valence-electron chi connectivity index (χ1n) is 5.84. The third-order valence-electron chi connectivity index (χ3n) is 2.61. The number of carbonyl (C=O) groups is 1. The lowest BCUT2D eigenvalue weighted by Crippen LogP contribution is -2.06. The van der Waals surface area contributed by atoms with Crippen LogP contribution in [0.4, 0.5) is 5.69 Å². The number of anilines is 1. The molecule has 0 aliphatic carbocycles. The van der Waals surface area contributed by atoms with E-state index in [1.165, 1.54) is 7.11 Å². The van der Waals surface area contributed by atoms with Crippen LogP contribution >= 0.6 is 0 Å². The molecule has 98 valence electrons. The van der Waals surface area contributed by atoms with Crippen molar-refractivity contribution in [3.8, 4) is 5.75 Å². The van der Waals surface area contributed by atoms with Crippen LogP contribution in [-0.2, 0) is 11.3 Å². The summed E-state index contributed by atoms with van der Waals surface area (Å²) >= 11 is 0. The summed E-state index contributed by atoms with van der Waals surface area (Å²) in [6.07, 6.45) is 0. The van der Waals surface area contributed by atoms with E-state index in [2.05, 4.69) is 0 Å². The second-order valence-electron chi connectivity index (χ2n) is 4.06. The average molecular weight is 257 g/mol. The highest BCUT2D eigenvalue weighted by Gasteiger charge is 2.10. The molecular formula is C15H15NO3. The van der Waals surface area contributed by atoms with Crippen molar-refractivity contribution in [3.63, 3.8) is 0 Å². The van der Waals surface area contributed by atoms with Crippen molar-refractivity contribution < 1.29 is 14.3 Å². The van der Waals surface area contributed by atoms with Crippen LogP contribution < -0.4 is 10.5 Å². The molecule has 0 unspecified atom stereocenters. The normalized spacial score (nSPS) is 9.95. The van der Waals surface area contributed by atoms with Gasteiger partial charge in [-0.2, -0.15) is 0 Å². The SMILES string of the molecule is COc1cc(N)cc(C(=O)OCc2ccccc2)c1. The van der Waals surface area contributed by atoms with Crippen molar-refractivity contribution in [2.75, 3.05) is 12.8 Å². The number of benzene rings is 2. The van der Waals surface area contributed by atoms with Crippen LogP contribution in [0.5, 0.6) is 5.75 Å². The summed E-state index contributed by atoms with van der Waals surface area (Å²) in [7, 11) is 1.52. The molecule has 19 heavy (non-hydrogen) atoms. The minimum Gasteiger partial charge on any atom is -0.497 e. The van der Waals surface area contributed by atoms with Crippen LogP contribution in [0, 0.1) is 0 Å². The van der Waals surface area contributed by atoms with Crippen molar-refractivity contribution in [1.82, 2.24) is 0 Å². The molecule has 2 aromatic carbocycles. The molecule has 0 saturated heterocycles. The average Bonchev–Trinajstić information content (AvgIpc) is 2.45. The van der Waals surface area contributed by atoms with Gasteiger partial charge in [0.15, 0.2) is 0 Å². The molecule has 0 heterocycles. The molecule has 0 amide bonds. The Hall–Kier alpha value is -2.49. The molecule has 2 rings (SSSR count). The molecule has 0 fully saturated rings. The Morgan fingerprint density at radius 1 is 1.16 bits per heavy atom. The summed E-state index contributed by atoms with van der Waals surface area (Å²) in [5, 5.41) is 0. The highest BCUT2D eigenvalue weighted by atomic mass is 16.5. The number of nitrogen functional groups attached to an aromatic ring is 1. The fourth-order valence-corrected chi connectivity index (χ4v) is 1.66. The van der Waals surface area contributed by atoms with Crippen molar-refractivity contribution >= 4 is 11.7 Å². The van der Waals surface area contributed by atoms with E-state index in [0.29, 0.717) is 17.0 Å². The predicted molar refractivity (Wildman–Crippen MR) is 73.0 cm³/mol. The number of ether oxygens (including phenoxy) is 2. The Labute approximate surface area is 111 Å². The van der Waals surface area contributed by atoms with Gasteiger partial charge in [-0.3, -0.25) is 0 Å². The van der Waals surface area contributed by atoms with E-state index >= 15 is 0 Å². The van der Waals surface area contributed by atoms with Gasteiger partial charge in [-0.1, -0.05) is 30.3 Å². The predicted octanol–water partition coefficient (Wildman–Crippen LogP) is 2.63. The van der Waals surface area contributed by atoms with Gasteiger partial charge >= 0.3 is 5.97 Å². The molecule has 0 radical (unpaired) electrons. The lowest BCUT2D eigenvalue weighted by molar-refractivity contribution is 0.0472. The summed E-state index contributed by atoms with van der Waals surface area (Å²) in [6, 6.07) is 14.3. The van der Waals surface area contributed by atoms with E-state index in [1.54, 1.807) is 18.2 Å². The van der Waals surface area contributed by atoms with Crippen molar-refractivity contribution in [1.29, 1.82) is 0 Å². The molecule has 4 nitrogen and oxygen atoms in total. The number of hydrogen-bond acceptors (Lipinski definition) is 4. The molecule has 0 bridgehead atoms. The van der Waals surface area contributed by atoms with Crippen LogP contribution in [0.1, 0.15) is 15.9 Å². The third-order valence-corrected chi connectivity index (χ3v) is 2.61. The van der Waals surface area contributed by atoms with E-state index in [-0.39, 0.29) is 6.61 Å². The number of nitrogens with two attached hydrogens (primary N) is 1. The summed E-state index contributed by atoms with van der Waals surface area (Å²) in [5.74, 6) is 0.112. The van der Waals surface area contributed by atoms with Gasteiger partial charge in [0.25, 0.3) is 0 Å². The van der Waals surface area contributed by atoms with Crippen molar-refractivity contribution in [2.24, 2.45) is 0 Å². The Bertz CT molecular complexity index is 567. The van der Waals surface area contributed by atoms with E-state index < -0.39 is 5.97 Å². The van der Waals surface area contributed by atoms with Gasteiger partial charge in [-0.25, -0.2) is 4.79 Å². The maximum Gasteiger partial charge on any atom is 0.338 e. The third kappa shape index (κ3) is 3.48. The van der Waals surface area contributed by atoms with E-state index in [4.69, 9.17) is 15.2 Å². The monoisotopic (exact) mass is 257 g/mol. The lowest BCUT2D eigenvalue weighted by Gasteiger charge is -2.07. The number of esters is 1. The highest BCUT2D eigenvalue weighted by Crippen LogP contribution is 2.19. The molecule has 0 aliphatic rings. The summed E-state index contributed by atoms with van der Waals surface area (Å²) in [6.45, 7) is 0.233. The molecule has 2 N–H and O–H groups in total. The Morgan fingerprint density at radius 3 is 2.58 bits per heavy atom. The summed E-state index contributed by atoms with van der Waals surface area (Å²) in [5.41, 5.74) is 7.48. The van der Waals surface area contributed by atoms with Crippen LogP contribution in [0.25, 0.3) is 0 Å². The maximum absolute atomic E-state index is 11.9. The van der Waals surface area contributed by atoms with Gasteiger partial charge in [-0.15, -0.1) is 0 Å². The van der Waals surface area contributed by atoms with Gasteiger partial charge in [0.05, 0.1) is 12.7 Å². The second-order valence-corrected chi connectivity index (χ2v) is 4.06. The molecular weight excluding hydrogens is 242 g/mol. The smallest absolute Gasteiger partial charge is 0.338 e. The maximum atomic E-state index is 11.9. The number of hydrogen-bond donors (Lipinski definition) is 1. The van der Waals surface area contributed by atoms with E-state index in [0.717, 1.165) is 5.56 Å². The fraction of sp³-hybridized carbons (Fsp3) is 0.133. The molecule has 0 aliphatic heterocycles. The molecule has 0 aromatic heterocycles. The number of methoxy groups -OCH3 is 1. The molecule has 2 aromatic rings. The van der Waals surface area contributed by atoms with Crippen molar-refractivity contribution in [2.45, 2.75) is 6.61 Å². The molecule has 4 heteroatoms. The zero-order valence-corrected chi connectivity index (χ0v) is 10.6. The largest absolute Gasteiger partial charge is 0.497 e. The molecule has 0 saturated carbocycles. The first-order valence-corrected chi connectivity index (χ1v) is 5.84. The fourth-order valence-electron chi connectivity index (χ4n) is 1.66. The zero-order chi connectivity index (χ0) is 13.7. The number of rotatable bonds is 4. The van der Waals surface area contributed by atoms with E-state index in [1.807, 2.05) is 30.3 Å². The first-order chi connectivity index (χ1) is 9.19. The summed E-state index contributed by atoms with van der Waals surface area (Å²) in [4.78, 5) is 11.9. The van der Waals surface area contributed by atoms with Gasteiger partial charge in [0.1, 0.15) is 12.4 Å². The van der Waals surface area contributed by atoms with Crippen LogP contribution in [0.3, 0.4) is 0 Å². The second kappa shape index (κ2) is 5.91. The number of carbonyl (C=O) groups excluding carboxylic acids is 1. The quantitative estimate of drug-likeness (QED) is 0.675.